The van der Waals surface area contributed by atoms with E-state index in [1.165, 1.54) is 18.3 Å². The zero-order valence-corrected chi connectivity index (χ0v) is 13.3. The number of nitro benzene ring substituents is 1. The zero-order chi connectivity index (χ0) is 18.0. The van der Waals surface area contributed by atoms with Gasteiger partial charge in [-0.3, -0.25) is 14.9 Å². The number of nitrogens with zero attached hydrogens (tertiary/aromatic N) is 2. The molecule has 126 valence electrons. The minimum Gasteiger partial charge on any atom is -0.462 e. The Balaban J connectivity index is 2.26. The molecule has 0 amide bonds. The lowest BCUT2D eigenvalue weighted by Gasteiger charge is -2.13. The Morgan fingerprint density at radius 1 is 1.16 bits per heavy atom. The predicted octanol–water partition coefficient (Wildman–Crippen LogP) is 3.08. The number of rotatable bonds is 4. The normalized spacial score (nSPS) is 10.6. The first-order chi connectivity index (χ1) is 12.0. The molecule has 1 aromatic heterocycles. The first kappa shape index (κ1) is 16.4. The molecular weight excluding hydrogens is 324 g/mol. The smallest absolute Gasteiger partial charge is 0.343 e. The van der Waals surface area contributed by atoms with E-state index in [1.807, 2.05) is 0 Å². The summed E-state index contributed by atoms with van der Waals surface area (Å²) in [6.07, 6.45) is 1.41. The van der Waals surface area contributed by atoms with Gasteiger partial charge >= 0.3 is 5.97 Å². The van der Waals surface area contributed by atoms with Crippen LogP contribution in [-0.2, 0) is 4.74 Å². The van der Waals surface area contributed by atoms with Crippen LogP contribution in [0.5, 0.6) is 0 Å². The minimum atomic E-state index is -0.700. The Hall–Kier alpha value is -3.48. The highest BCUT2D eigenvalue weighted by Gasteiger charge is 2.17. The molecule has 0 unspecified atom stereocenters. The summed E-state index contributed by atoms with van der Waals surface area (Å²) in [5.74, 6) is -0.700. The fourth-order valence-corrected chi connectivity index (χ4v) is 2.58. The Bertz CT molecular complexity index is 1020. The highest BCUT2D eigenvalue weighted by atomic mass is 16.6. The predicted molar refractivity (Wildman–Crippen MR) is 92.2 cm³/mol. The van der Waals surface area contributed by atoms with Crippen LogP contribution in [0.4, 0.5) is 5.69 Å². The lowest BCUT2D eigenvalue weighted by molar-refractivity contribution is -0.384. The summed E-state index contributed by atoms with van der Waals surface area (Å²) in [4.78, 5) is 35.0. The minimum absolute atomic E-state index is 0.0419. The molecule has 0 saturated carbocycles. The maximum atomic E-state index is 12.6. The fourth-order valence-electron chi connectivity index (χ4n) is 2.58. The number of pyridine rings is 1. The number of benzene rings is 2. The van der Waals surface area contributed by atoms with Gasteiger partial charge in [0.05, 0.1) is 17.0 Å². The van der Waals surface area contributed by atoms with Crippen LogP contribution in [0.1, 0.15) is 17.3 Å². The van der Waals surface area contributed by atoms with Crippen molar-refractivity contribution in [3.8, 4) is 5.69 Å². The molecule has 0 fully saturated rings. The lowest BCUT2D eigenvalue weighted by Crippen LogP contribution is -2.20. The van der Waals surface area contributed by atoms with E-state index >= 15 is 0 Å². The van der Waals surface area contributed by atoms with Gasteiger partial charge in [-0.1, -0.05) is 12.1 Å². The first-order valence-corrected chi connectivity index (χ1v) is 7.59. The van der Waals surface area contributed by atoms with Gasteiger partial charge in [-0.15, -0.1) is 0 Å². The van der Waals surface area contributed by atoms with Crippen molar-refractivity contribution in [1.29, 1.82) is 0 Å². The number of non-ortho nitro benzene ring substituents is 1. The molecule has 25 heavy (non-hydrogen) atoms. The van der Waals surface area contributed by atoms with Crippen molar-refractivity contribution in [2.75, 3.05) is 6.61 Å². The van der Waals surface area contributed by atoms with Crippen molar-refractivity contribution in [3.63, 3.8) is 0 Å². The third kappa shape index (κ3) is 2.99. The monoisotopic (exact) mass is 338 g/mol. The average molecular weight is 338 g/mol. The van der Waals surface area contributed by atoms with Crippen LogP contribution in [0.25, 0.3) is 16.6 Å². The second-order valence-corrected chi connectivity index (χ2v) is 5.25. The van der Waals surface area contributed by atoms with Gasteiger partial charge in [0.25, 0.3) is 5.69 Å². The van der Waals surface area contributed by atoms with Crippen molar-refractivity contribution < 1.29 is 14.5 Å². The summed E-state index contributed by atoms with van der Waals surface area (Å²) in [6, 6.07) is 12.7. The molecule has 0 bridgehead atoms. The molecule has 3 aromatic rings. The maximum Gasteiger partial charge on any atom is 0.343 e. The van der Waals surface area contributed by atoms with Crippen molar-refractivity contribution in [2.45, 2.75) is 6.92 Å². The molecule has 0 saturated heterocycles. The number of aromatic nitrogens is 1. The largest absolute Gasteiger partial charge is 0.462 e. The van der Waals surface area contributed by atoms with Crippen molar-refractivity contribution >= 4 is 22.6 Å². The Morgan fingerprint density at radius 2 is 1.84 bits per heavy atom. The van der Waals surface area contributed by atoms with Crippen LogP contribution < -0.4 is 5.43 Å². The third-order valence-electron chi connectivity index (χ3n) is 3.75. The fraction of sp³-hybridized carbons (Fsp3) is 0.111. The van der Waals surface area contributed by atoms with Crippen molar-refractivity contribution in [3.05, 3.63) is 80.6 Å². The van der Waals surface area contributed by atoms with E-state index in [1.54, 1.807) is 47.9 Å². The number of carbonyl (C=O) groups excluding carboxylic acids is 1. The van der Waals surface area contributed by atoms with Gasteiger partial charge < -0.3 is 9.30 Å². The number of nitro groups is 1. The SMILES string of the molecule is CCOC(=O)c1cn(-c2ccc([N+](=O)[O-])cc2)c2ccccc2c1=O. The van der Waals surface area contributed by atoms with E-state index in [2.05, 4.69) is 0 Å². The van der Waals surface area contributed by atoms with E-state index in [4.69, 9.17) is 4.74 Å². The second-order valence-electron chi connectivity index (χ2n) is 5.25. The van der Waals surface area contributed by atoms with Gasteiger partial charge in [0.2, 0.25) is 5.43 Å². The standard InChI is InChI=1S/C18H14N2O5/c1-2-25-18(22)15-11-19(12-7-9-13(10-8-12)20(23)24)16-6-4-3-5-14(16)17(15)21/h3-11H,2H2,1H3. The number of carbonyl (C=O) groups is 1. The molecule has 0 radical (unpaired) electrons. The molecule has 1 heterocycles. The maximum absolute atomic E-state index is 12.6. The topological polar surface area (TPSA) is 91.4 Å². The van der Waals surface area contributed by atoms with Crippen LogP contribution >= 0.6 is 0 Å². The van der Waals surface area contributed by atoms with E-state index in [0.29, 0.717) is 16.6 Å². The highest BCUT2D eigenvalue weighted by Crippen LogP contribution is 2.20. The van der Waals surface area contributed by atoms with Crippen LogP contribution in [0.15, 0.2) is 59.5 Å². The van der Waals surface area contributed by atoms with Crippen molar-refractivity contribution in [2.24, 2.45) is 0 Å². The molecule has 2 aromatic carbocycles. The summed E-state index contributed by atoms with van der Waals surface area (Å²) in [6.45, 7) is 1.82. The lowest BCUT2D eigenvalue weighted by atomic mass is 10.1. The second kappa shape index (κ2) is 6.56. The molecule has 7 heteroatoms. The third-order valence-corrected chi connectivity index (χ3v) is 3.75. The zero-order valence-electron chi connectivity index (χ0n) is 13.3. The molecule has 7 nitrogen and oxygen atoms in total. The summed E-state index contributed by atoms with van der Waals surface area (Å²) < 4.78 is 6.60. The number of fused-ring (bicyclic) bond motifs is 1. The van der Waals surface area contributed by atoms with Crippen LogP contribution in [0.3, 0.4) is 0 Å². The number of hydrogen-bond donors (Lipinski definition) is 0. The highest BCUT2D eigenvalue weighted by molar-refractivity contribution is 5.94. The Kier molecular flexibility index (Phi) is 4.30. The molecule has 0 spiro atoms. The van der Waals surface area contributed by atoms with Gasteiger partial charge in [-0.2, -0.15) is 0 Å². The number of hydrogen-bond acceptors (Lipinski definition) is 5. The van der Waals surface area contributed by atoms with Gasteiger partial charge in [-0.05, 0) is 31.2 Å². The van der Waals surface area contributed by atoms with Gasteiger partial charge in [0.1, 0.15) is 5.56 Å². The van der Waals surface area contributed by atoms with Crippen LogP contribution in [0.2, 0.25) is 0 Å². The van der Waals surface area contributed by atoms with Crippen molar-refractivity contribution in [1.82, 2.24) is 4.57 Å². The molecule has 0 aliphatic rings. The molecule has 0 N–H and O–H groups in total. The molecular formula is C18H14N2O5. The van der Waals surface area contributed by atoms with Crippen LogP contribution in [0, 0.1) is 10.1 Å². The number of ether oxygens (including phenoxy) is 1. The summed E-state index contributed by atoms with van der Waals surface area (Å²) in [7, 11) is 0. The molecule has 0 aliphatic carbocycles. The van der Waals surface area contributed by atoms with E-state index in [0.717, 1.165) is 0 Å². The first-order valence-electron chi connectivity index (χ1n) is 7.59. The summed E-state index contributed by atoms with van der Waals surface area (Å²) >= 11 is 0. The Labute approximate surface area is 142 Å². The van der Waals surface area contributed by atoms with Gasteiger partial charge in [0, 0.05) is 29.4 Å². The summed E-state index contributed by atoms with van der Waals surface area (Å²) in [5.41, 5.74) is 0.646. The van der Waals surface area contributed by atoms with E-state index < -0.39 is 16.3 Å². The van der Waals surface area contributed by atoms with E-state index in [9.17, 15) is 19.7 Å². The average Bonchev–Trinajstić information content (AvgIpc) is 2.62. The molecule has 3 rings (SSSR count). The Morgan fingerprint density at radius 3 is 2.48 bits per heavy atom. The number of esters is 1. The summed E-state index contributed by atoms with van der Waals surface area (Å²) in [5, 5.41) is 11.2. The molecule has 0 aliphatic heterocycles. The van der Waals surface area contributed by atoms with Gasteiger partial charge in [-0.25, -0.2) is 4.79 Å². The quantitative estimate of drug-likeness (QED) is 0.414. The molecule has 0 atom stereocenters. The van der Waals surface area contributed by atoms with Crippen LogP contribution in [-0.4, -0.2) is 22.1 Å². The van der Waals surface area contributed by atoms with Gasteiger partial charge in [0.15, 0.2) is 0 Å². The number of para-hydroxylation sites is 1. The van der Waals surface area contributed by atoms with E-state index in [-0.39, 0.29) is 17.9 Å².